The van der Waals surface area contributed by atoms with Crippen molar-refractivity contribution >= 4 is 70.4 Å². The number of nitrogens with zero attached hydrogens (tertiary/aromatic N) is 10. The molecule has 364 valence electrons. The molecule has 6 atom stereocenters. The number of hydrogen-bond acceptors (Lipinski definition) is 14. The maximum Gasteiger partial charge on any atom is 0.288 e. The van der Waals surface area contributed by atoms with Crippen LogP contribution in [0.1, 0.15) is 57.6 Å². The van der Waals surface area contributed by atoms with E-state index in [4.69, 9.17) is 47.6 Å². The third-order valence-electron chi connectivity index (χ3n) is 14.5. The quantitative estimate of drug-likeness (QED) is 0.281. The van der Waals surface area contributed by atoms with Crippen LogP contribution in [0.3, 0.4) is 0 Å². The van der Waals surface area contributed by atoms with Gasteiger partial charge in [-0.1, -0.05) is 54.4 Å². The van der Waals surface area contributed by atoms with E-state index in [0.29, 0.717) is 71.8 Å². The van der Waals surface area contributed by atoms with Crippen molar-refractivity contribution in [2.45, 2.75) is 82.7 Å². The van der Waals surface area contributed by atoms with Crippen molar-refractivity contribution < 1.29 is 28.7 Å². The molecule has 18 nitrogen and oxygen atoms in total. The highest BCUT2D eigenvalue weighted by molar-refractivity contribution is 6.33. The maximum atomic E-state index is 14.2. The lowest BCUT2D eigenvalue weighted by atomic mass is 9.89. The normalized spacial score (nSPS) is 27.3. The van der Waals surface area contributed by atoms with Gasteiger partial charge in [0.15, 0.2) is 35.4 Å². The Balaban J connectivity index is 0.849. The van der Waals surface area contributed by atoms with Crippen LogP contribution in [0.4, 0.5) is 23.5 Å². The first-order chi connectivity index (χ1) is 33.3. The van der Waals surface area contributed by atoms with Crippen molar-refractivity contribution in [1.82, 2.24) is 39.5 Å². The lowest BCUT2D eigenvalue weighted by Gasteiger charge is -2.37. The first-order valence-corrected chi connectivity index (χ1v) is 24.8. The number of halogens is 2. The van der Waals surface area contributed by atoms with Gasteiger partial charge in [0.25, 0.3) is 23.6 Å². The minimum atomic E-state index is -0.888. The SMILES string of the molecule is CC1CCN(c2nc(CN3CC[C@@H](OC4=CC5C=C(Nc6nc(N7CCCCC7)ncc6Cl)C=CC5N(C)C4=O)C3=O)c(Cl)c(NC3=CC4C=C(O[C@H]5CCN(C)C5=O)C(=O)N(C)C4C=C3)n2)CC1. The van der Waals surface area contributed by atoms with Crippen LogP contribution in [0.2, 0.25) is 10.0 Å². The molecule has 0 radical (unpaired) electrons. The third-order valence-corrected chi connectivity index (χ3v) is 15.2. The van der Waals surface area contributed by atoms with Crippen LogP contribution in [0.15, 0.2) is 77.7 Å². The van der Waals surface area contributed by atoms with Crippen molar-refractivity contribution in [2.75, 3.05) is 80.8 Å². The molecular weight excluding hydrogens is 924 g/mol. The molecule has 8 aliphatic rings. The molecule has 0 saturated carbocycles. The molecular formula is C49H58Cl2N12O6. The van der Waals surface area contributed by atoms with Gasteiger partial charge in [0, 0.05) is 96.5 Å². The summed E-state index contributed by atoms with van der Waals surface area (Å²) in [5, 5.41) is 7.46. The fourth-order valence-corrected chi connectivity index (χ4v) is 10.6. The Hall–Kier alpha value is -6.14. The number of nitrogens with one attached hydrogen (secondary N) is 2. The second kappa shape index (κ2) is 19.3. The zero-order chi connectivity index (χ0) is 48.1. The summed E-state index contributed by atoms with van der Waals surface area (Å²) in [6.45, 7) is 6.63. The molecule has 4 saturated heterocycles. The molecule has 4 unspecified atom stereocenters. The molecule has 8 heterocycles. The zero-order valence-corrected chi connectivity index (χ0v) is 40.8. The van der Waals surface area contributed by atoms with Crippen molar-refractivity contribution in [1.29, 1.82) is 0 Å². The van der Waals surface area contributed by atoms with E-state index >= 15 is 0 Å². The Bertz CT molecular complexity index is 2600. The lowest BCUT2D eigenvalue weighted by Crippen LogP contribution is -2.46. The molecule has 69 heavy (non-hydrogen) atoms. The van der Waals surface area contributed by atoms with Crippen LogP contribution < -0.4 is 20.4 Å². The standard InChI is InChI=1S/C49H58Cl2N12O6/c1-28-12-19-62(20-13-28)49-55-34(41(51)43(57-49)54-32-9-11-36-30(23-32)24-39(45(65)59(36)3)68-37-14-18-58(2)44(37)64)27-63-21-15-38(47(63)67)69-40-25-29-22-31(8-10-35(29)60(4)46(40)66)53-42-33(50)26-52-48(56-42)61-16-6-5-7-17-61/h8-11,22-26,28-30,35-38H,5-7,12-21,27H2,1-4H3,(H,52,53,56)(H,54,55,57)/t29?,30?,35?,36?,37-,38+/m0/s1. The van der Waals surface area contributed by atoms with Crippen LogP contribution in [-0.4, -0.2) is 148 Å². The van der Waals surface area contributed by atoms with Gasteiger partial charge >= 0.3 is 0 Å². The van der Waals surface area contributed by atoms with Gasteiger partial charge in [0.2, 0.25) is 11.9 Å². The summed E-state index contributed by atoms with van der Waals surface area (Å²) >= 11 is 13.7. The minimum absolute atomic E-state index is 0.0994. The zero-order valence-electron chi connectivity index (χ0n) is 39.3. The maximum absolute atomic E-state index is 14.2. The summed E-state index contributed by atoms with van der Waals surface area (Å²) < 4.78 is 12.3. The number of fused-ring (bicyclic) bond motifs is 2. The predicted molar refractivity (Wildman–Crippen MR) is 261 cm³/mol. The number of hydrogen-bond donors (Lipinski definition) is 2. The number of carbonyl (C=O) groups is 4. The largest absolute Gasteiger partial charge is 0.475 e. The highest BCUT2D eigenvalue weighted by atomic mass is 35.5. The van der Waals surface area contributed by atoms with Crippen molar-refractivity contribution in [3.05, 3.63) is 93.5 Å². The van der Waals surface area contributed by atoms with Crippen LogP contribution >= 0.6 is 23.2 Å². The molecule has 2 aromatic heterocycles. The van der Waals surface area contributed by atoms with Crippen molar-refractivity contribution in [3.63, 3.8) is 0 Å². The number of piperidine rings is 2. The van der Waals surface area contributed by atoms with Gasteiger partial charge in [-0.3, -0.25) is 19.2 Å². The summed E-state index contributed by atoms with van der Waals surface area (Å²) in [4.78, 5) is 83.8. The fraction of sp³-hybridized carbons (Fsp3) is 0.510. The fourth-order valence-electron chi connectivity index (χ4n) is 10.3. The van der Waals surface area contributed by atoms with Gasteiger partial charge in [-0.2, -0.15) is 9.97 Å². The van der Waals surface area contributed by atoms with E-state index in [1.165, 1.54) is 6.42 Å². The number of anilines is 4. The Kier molecular flexibility index (Phi) is 13.1. The first-order valence-electron chi connectivity index (χ1n) is 24.1. The Morgan fingerprint density at radius 2 is 1.22 bits per heavy atom. The number of likely N-dealkylation sites (tertiary alicyclic amines) is 2. The molecule has 2 aliphatic carbocycles. The number of aromatic nitrogens is 4. The van der Waals surface area contributed by atoms with Crippen LogP contribution in [0.5, 0.6) is 0 Å². The lowest BCUT2D eigenvalue weighted by molar-refractivity contribution is -0.141. The van der Waals surface area contributed by atoms with Gasteiger partial charge in [0.05, 0.1) is 30.5 Å². The number of ether oxygens (including phenoxy) is 2. The van der Waals surface area contributed by atoms with E-state index in [0.717, 1.165) is 57.6 Å². The topological polar surface area (TPSA) is 182 Å². The van der Waals surface area contributed by atoms with E-state index in [1.807, 2.05) is 36.5 Å². The van der Waals surface area contributed by atoms with E-state index in [-0.39, 0.29) is 70.6 Å². The minimum Gasteiger partial charge on any atom is -0.475 e. The van der Waals surface area contributed by atoms with E-state index in [1.54, 1.807) is 59.1 Å². The summed E-state index contributed by atoms with van der Waals surface area (Å²) in [7, 11) is 5.19. The van der Waals surface area contributed by atoms with Gasteiger partial charge in [0.1, 0.15) is 10.0 Å². The first kappa shape index (κ1) is 46.6. The van der Waals surface area contributed by atoms with Crippen LogP contribution in [0.25, 0.3) is 0 Å². The molecule has 4 amide bonds. The molecule has 20 heteroatoms. The van der Waals surface area contributed by atoms with E-state index in [2.05, 4.69) is 32.3 Å². The average Bonchev–Trinajstić information content (AvgIpc) is 3.86. The van der Waals surface area contributed by atoms with E-state index in [9.17, 15) is 19.2 Å². The second-order valence-corrected chi connectivity index (χ2v) is 20.1. The highest BCUT2D eigenvalue weighted by Crippen LogP contribution is 2.36. The number of rotatable bonds is 12. The van der Waals surface area contributed by atoms with Crippen LogP contribution in [0, 0.1) is 17.8 Å². The summed E-state index contributed by atoms with van der Waals surface area (Å²) in [5.41, 5.74) is 1.93. The molecule has 0 spiro atoms. The van der Waals surface area contributed by atoms with Gasteiger partial charge < -0.3 is 49.5 Å². The molecule has 2 N–H and O–H groups in total. The molecule has 0 aromatic carbocycles. The van der Waals surface area contributed by atoms with Gasteiger partial charge in [-0.25, -0.2) is 9.97 Å². The van der Waals surface area contributed by atoms with E-state index < -0.39 is 12.2 Å². The third kappa shape index (κ3) is 9.49. The summed E-state index contributed by atoms with van der Waals surface area (Å²) in [6, 6.07) is -0.500. The smallest absolute Gasteiger partial charge is 0.288 e. The van der Waals surface area contributed by atoms with Crippen molar-refractivity contribution in [3.8, 4) is 0 Å². The average molecular weight is 982 g/mol. The molecule has 2 aromatic rings. The Morgan fingerprint density at radius 1 is 0.652 bits per heavy atom. The second-order valence-electron chi connectivity index (χ2n) is 19.3. The van der Waals surface area contributed by atoms with Gasteiger partial charge in [-0.05, 0) is 62.3 Å². The predicted octanol–water partition coefficient (Wildman–Crippen LogP) is 5.28. The Morgan fingerprint density at radius 3 is 1.83 bits per heavy atom. The number of likely N-dealkylation sites (N-methyl/N-ethyl adjacent to an activating group) is 3. The Labute approximate surface area is 411 Å². The number of allylic oxidation sites excluding steroid dienone is 2. The molecule has 4 fully saturated rings. The monoisotopic (exact) mass is 980 g/mol. The highest BCUT2D eigenvalue weighted by Gasteiger charge is 2.41. The summed E-state index contributed by atoms with van der Waals surface area (Å²) in [6.07, 6.45) is 21.6. The molecule has 6 aliphatic heterocycles. The number of carbonyl (C=O) groups excluding carboxylic acids is 4. The van der Waals surface area contributed by atoms with Gasteiger partial charge in [-0.15, -0.1) is 0 Å². The number of amides is 4. The molecule has 0 bridgehead atoms. The summed E-state index contributed by atoms with van der Waals surface area (Å²) in [5.74, 6) is 1.36. The molecule has 10 rings (SSSR count). The van der Waals surface area contributed by atoms with Crippen molar-refractivity contribution in [2.24, 2.45) is 17.8 Å². The van der Waals surface area contributed by atoms with Crippen LogP contribution in [-0.2, 0) is 35.2 Å².